The van der Waals surface area contributed by atoms with Crippen LogP contribution in [0.1, 0.15) is 12.5 Å². The van der Waals surface area contributed by atoms with Gasteiger partial charge in [-0.3, -0.25) is 4.79 Å². The lowest BCUT2D eigenvalue weighted by molar-refractivity contribution is -0.152. The highest BCUT2D eigenvalue weighted by molar-refractivity contribution is 6.37. The number of hydrogen-bond donors (Lipinski definition) is 1. The molecule has 0 unspecified atom stereocenters. The number of ketones is 1. The quantitative estimate of drug-likeness (QED) is 0.299. The summed E-state index contributed by atoms with van der Waals surface area (Å²) in [5.41, 5.74) is 5.88. The first-order valence-electron chi connectivity index (χ1n) is 4.42. The van der Waals surface area contributed by atoms with Gasteiger partial charge in [-0.25, -0.2) is 4.79 Å². The largest absolute Gasteiger partial charge is 0.400 e. The number of carbonyl (C=O) groups is 2. The van der Waals surface area contributed by atoms with E-state index in [2.05, 4.69) is 9.99 Å². The predicted octanol–water partition coefficient (Wildman–Crippen LogP) is 1.75. The zero-order valence-corrected chi connectivity index (χ0v) is 10.2. The van der Waals surface area contributed by atoms with Crippen LogP contribution in [0.5, 0.6) is 0 Å². The number of oxime groups is 1. The van der Waals surface area contributed by atoms with E-state index in [4.69, 9.17) is 28.9 Å². The summed E-state index contributed by atoms with van der Waals surface area (Å²) in [7, 11) is 0. The van der Waals surface area contributed by atoms with Gasteiger partial charge in [-0.05, 0) is 18.2 Å². The molecule has 0 aromatic heterocycles. The number of Topliss-reactive ketones (excluding diaryl/α,β-unsaturated/α-hetero) is 1. The highest BCUT2D eigenvalue weighted by Gasteiger charge is 2.11. The molecule has 0 aliphatic carbocycles. The van der Waals surface area contributed by atoms with E-state index in [0.29, 0.717) is 10.6 Å². The molecule has 0 aliphatic rings. The lowest BCUT2D eigenvalue weighted by Crippen LogP contribution is -2.18. The second-order valence-electron chi connectivity index (χ2n) is 3.04. The topological polar surface area (TPSA) is 81.8 Å². The van der Waals surface area contributed by atoms with Gasteiger partial charge in [-0.15, -0.1) is 0 Å². The molecule has 0 radical (unpaired) electrons. The summed E-state index contributed by atoms with van der Waals surface area (Å²) in [5.74, 6) is -2.00. The van der Waals surface area contributed by atoms with Crippen LogP contribution in [0.15, 0.2) is 23.4 Å². The average Bonchev–Trinajstić information content (AvgIpc) is 2.25. The molecule has 17 heavy (non-hydrogen) atoms. The third-order valence-corrected chi connectivity index (χ3v) is 2.27. The number of rotatable bonds is 3. The summed E-state index contributed by atoms with van der Waals surface area (Å²) < 4.78 is 0. The Morgan fingerprint density at radius 3 is 2.53 bits per heavy atom. The Bertz CT molecular complexity index is 500. The first-order chi connectivity index (χ1) is 7.91. The van der Waals surface area contributed by atoms with Gasteiger partial charge in [0.05, 0.1) is 5.02 Å². The standard InChI is InChI=1S/C10H8Cl2N2O3/c1-5(15)10(16)17-14-9(13)7-3-2-6(11)4-8(7)12/h2-4H,1H3,(H2,13,14). The summed E-state index contributed by atoms with van der Waals surface area (Å²) in [4.78, 5) is 25.7. The van der Waals surface area contributed by atoms with E-state index in [1.807, 2.05) is 0 Å². The van der Waals surface area contributed by atoms with Crippen LogP contribution in [0.3, 0.4) is 0 Å². The number of carbonyl (C=O) groups excluding carboxylic acids is 2. The lowest BCUT2D eigenvalue weighted by atomic mass is 10.2. The van der Waals surface area contributed by atoms with Crippen molar-refractivity contribution in [1.82, 2.24) is 0 Å². The second kappa shape index (κ2) is 5.65. The molecule has 2 N–H and O–H groups in total. The van der Waals surface area contributed by atoms with E-state index in [9.17, 15) is 9.59 Å². The van der Waals surface area contributed by atoms with Crippen molar-refractivity contribution in [2.75, 3.05) is 0 Å². The number of nitrogens with two attached hydrogens (primary N) is 1. The first kappa shape index (κ1) is 13.5. The minimum absolute atomic E-state index is 0.124. The Labute approximate surface area is 107 Å². The summed E-state index contributed by atoms with van der Waals surface area (Å²) in [6, 6.07) is 4.54. The van der Waals surface area contributed by atoms with Crippen LogP contribution in [-0.2, 0) is 14.4 Å². The van der Waals surface area contributed by atoms with E-state index >= 15 is 0 Å². The molecule has 1 rings (SSSR count). The van der Waals surface area contributed by atoms with Crippen molar-refractivity contribution in [3.8, 4) is 0 Å². The predicted molar refractivity (Wildman–Crippen MR) is 64.0 cm³/mol. The van der Waals surface area contributed by atoms with Crippen molar-refractivity contribution < 1.29 is 14.4 Å². The number of amidine groups is 1. The van der Waals surface area contributed by atoms with Crippen molar-refractivity contribution in [3.63, 3.8) is 0 Å². The molecule has 0 heterocycles. The van der Waals surface area contributed by atoms with Crippen LogP contribution in [0.4, 0.5) is 0 Å². The zero-order chi connectivity index (χ0) is 13.0. The lowest BCUT2D eigenvalue weighted by Gasteiger charge is -2.03. The molecular weight excluding hydrogens is 267 g/mol. The molecule has 0 spiro atoms. The Kier molecular flexibility index (Phi) is 4.48. The normalized spacial score (nSPS) is 11.1. The highest BCUT2D eigenvalue weighted by atomic mass is 35.5. The van der Waals surface area contributed by atoms with Gasteiger partial charge in [0.25, 0.3) is 0 Å². The molecule has 1 aromatic rings. The third kappa shape index (κ3) is 3.72. The molecule has 90 valence electrons. The Morgan fingerprint density at radius 1 is 1.35 bits per heavy atom. The summed E-state index contributed by atoms with van der Waals surface area (Å²) in [6.07, 6.45) is 0. The summed E-state index contributed by atoms with van der Waals surface area (Å²) in [6.45, 7) is 1.06. The molecule has 1 aromatic carbocycles. The Balaban J connectivity index is 2.89. The van der Waals surface area contributed by atoms with Gasteiger partial charge in [0.1, 0.15) is 0 Å². The molecule has 0 fully saturated rings. The van der Waals surface area contributed by atoms with Crippen LogP contribution in [0, 0.1) is 0 Å². The molecule has 0 amide bonds. The Morgan fingerprint density at radius 2 is 2.00 bits per heavy atom. The smallest absolute Gasteiger partial charge is 0.380 e. The van der Waals surface area contributed by atoms with Crippen LogP contribution in [0.2, 0.25) is 10.0 Å². The molecule has 0 atom stereocenters. The van der Waals surface area contributed by atoms with Gasteiger partial charge in [-0.1, -0.05) is 28.4 Å². The molecule has 0 saturated carbocycles. The fourth-order valence-corrected chi connectivity index (χ4v) is 1.41. The van der Waals surface area contributed by atoms with E-state index in [1.54, 1.807) is 6.07 Å². The molecule has 7 heteroatoms. The highest BCUT2D eigenvalue weighted by Crippen LogP contribution is 2.20. The second-order valence-corrected chi connectivity index (χ2v) is 3.88. The van der Waals surface area contributed by atoms with Gasteiger partial charge >= 0.3 is 5.97 Å². The van der Waals surface area contributed by atoms with E-state index in [1.165, 1.54) is 12.1 Å². The molecule has 0 aliphatic heterocycles. The maximum Gasteiger partial charge on any atom is 0.400 e. The fourth-order valence-electron chi connectivity index (χ4n) is 0.901. The zero-order valence-electron chi connectivity index (χ0n) is 8.74. The first-order valence-corrected chi connectivity index (χ1v) is 5.18. The van der Waals surface area contributed by atoms with Gasteiger partial charge in [0.15, 0.2) is 5.84 Å². The minimum atomic E-state index is -1.10. The van der Waals surface area contributed by atoms with Crippen LogP contribution in [-0.4, -0.2) is 17.6 Å². The number of nitrogens with zero attached hydrogens (tertiary/aromatic N) is 1. The van der Waals surface area contributed by atoms with Gasteiger partial charge in [0.2, 0.25) is 5.78 Å². The molecule has 0 saturated heterocycles. The van der Waals surface area contributed by atoms with Crippen molar-refractivity contribution >= 4 is 40.8 Å². The van der Waals surface area contributed by atoms with E-state index < -0.39 is 11.8 Å². The van der Waals surface area contributed by atoms with Gasteiger partial charge < -0.3 is 10.6 Å². The fraction of sp³-hybridized carbons (Fsp3) is 0.100. The number of halogens is 2. The van der Waals surface area contributed by atoms with Crippen molar-refractivity contribution in [1.29, 1.82) is 0 Å². The van der Waals surface area contributed by atoms with Gasteiger partial charge in [0, 0.05) is 17.5 Å². The molecular formula is C10H8Cl2N2O3. The summed E-state index contributed by atoms with van der Waals surface area (Å²) in [5, 5.41) is 4.00. The number of benzene rings is 1. The Hall–Kier alpha value is -1.59. The van der Waals surface area contributed by atoms with Crippen molar-refractivity contribution in [2.24, 2.45) is 10.9 Å². The maximum absolute atomic E-state index is 10.8. The van der Waals surface area contributed by atoms with E-state index in [0.717, 1.165) is 6.92 Å². The SMILES string of the molecule is CC(=O)C(=O)O/N=C(\N)c1ccc(Cl)cc1Cl. The van der Waals surface area contributed by atoms with Crippen LogP contribution >= 0.6 is 23.2 Å². The molecule has 5 nitrogen and oxygen atoms in total. The minimum Gasteiger partial charge on any atom is -0.380 e. The monoisotopic (exact) mass is 274 g/mol. The summed E-state index contributed by atoms with van der Waals surface area (Å²) >= 11 is 11.5. The van der Waals surface area contributed by atoms with E-state index in [-0.39, 0.29) is 10.9 Å². The third-order valence-electron chi connectivity index (χ3n) is 1.72. The molecule has 0 bridgehead atoms. The van der Waals surface area contributed by atoms with Crippen molar-refractivity contribution in [3.05, 3.63) is 33.8 Å². The van der Waals surface area contributed by atoms with Crippen molar-refractivity contribution in [2.45, 2.75) is 6.92 Å². The number of hydrogen-bond acceptors (Lipinski definition) is 4. The van der Waals surface area contributed by atoms with Crippen LogP contribution in [0.25, 0.3) is 0 Å². The average molecular weight is 275 g/mol. The van der Waals surface area contributed by atoms with Crippen LogP contribution < -0.4 is 5.73 Å². The maximum atomic E-state index is 10.8. The van der Waals surface area contributed by atoms with Gasteiger partial charge in [-0.2, -0.15) is 0 Å².